The van der Waals surface area contributed by atoms with Gasteiger partial charge in [0.2, 0.25) is 5.91 Å². The van der Waals surface area contributed by atoms with Crippen LogP contribution < -0.4 is 5.73 Å². The third kappa shape index (κ3) is 4.77. The van der Waals surface area contributed by atoms with E-state index in [0.717, 1.165) is 45.3 Å². The summed E-state index contributed by atoms with van der Waals surface area (Å²) >= 11 is 0. The molecule has 0 radical (unpaired) electrons. The maximum atomic E-state index is 12.6. The molecule has 0 heterocycles. The predicted molar refractivity (Wildman–Crippen MR) is 79.9 cm³/mol. The fourth-order valence-electron chi connectivity index (χ4n) is 3.19. The SMILES string of the molecule is CCN(C(=O)C1CCC(CN)CC1)C(C)CN(C)C. The standard InChI is InChI=1S/C15H31N3O/c1-5-18(12(2)11-17(3)4)15(19)14-8-6-13(10-16)7-9-14/h12-14H,5-11,16H2,1-4H3. The lowest BCUT2D eigenvalue weighted by Gasteiger charge is -2.35. The molecule has 4 heteroatoms. The van der Waals surface area contributed by atoms with Crippen LogP contribution in [0.3, 0.4) is 0 Å². The van der Waals surface area contributed by atoms with E-state index >= 15 is 0 Å². The second-order valence-electron chi connectivity index (χ2n) is 6.19. The number of carbonyl (C=O) groups is 1. The van der Waals surface area contributed by atoms with Gasteiger partial charge in [0.1, 0.15) is 0 Å². The van der Waals surface area contributed by atoms with Gasteiger partial charge in [0, 0.05) is 25.0 Å². The maximum absolute atomic E-state index is 12.6. The Hall–Kier alpha value is -0.610. The molecule has 0 bridgehead atoms. The highest BCUT2D eigenvalue weighted by molar-refractivity contribution is 5.79. The van der Waals surface area contributed by atoms with Crippen LogP contribution in [0.4, 0.5) is 0 Å². The van der Waals surface area contributed by atoms with E-state index in [1.165, 1.54) is 0 Å². The van der Waals surface area contributed by atoms with Crippen molar-refractivity contribution < 1.29 is 4.79 Å². The summed E-state index contributed by atoms with van der Waals surface area (Å²) in [6.45, 7) is 6.74. The van der Waals surface area contributed by atoms with Gasteiger partial charge in [-0.25, -0.2) is 0 Å². The molecule has 19 heavy (non-hydrogen) atoms. The topological polar surface area (TPSA) is 49.6 Å². The van der Waals surface area contributed by atoms with Crippen molar-refractivity contribution in [3.05, 3.63) is 0 Å². The van der Waals surface area contributed by atoms with E-state index in [1.54, 1.807) is 0 Å². The van der Waals surface area contributed by atoms with Crippen molar-refractivity contribution in [2.45, 2.75) is 45.6 Å². The first-order valence-corrected chi connectivity index (χ1v) is 7.64. The molecule has 112 valence electrons. The first-order chi connectivity index (χ1) is 8.99. The van der Waals surface area contributed by atoms with Crippen LogP contribution in [0, 0.1) is 11.8 Å². The Morgan fingerprint density at radius 2 is 1.84 bits per heavy atom. The number of hydrogen-bond acceptors (Lipinski definition) is 3. The number of carbonyl (C=O) groups excluding carboxylic acids is 1. The van der Waals surface area contributed by atoms with Crippen LogP contribution in [0.25, 0.3) is 0 Å². The van der Waals surface area contributed by atoms with Crippen molar-refractivity contribution in [1.82, 2.24) is 9.80 Å². The molecule has 0 aromatic rings. The zero-order chi connectivity index (χ0) is 14.4. The molecule has 0 aliphatic heterocycles. The fraction of sp³-hybridized carbons (Fsp3) is 0.933. The molecule has 1 fully saturated rings. The smallest absolute Gasteiger partial charge is 0.225 e. The quantitative estimate of drug-likeness (QED) is 0.796. The summed E-state index contributed by atoms with van der Waals surface area (Å²) in [5.41, 5.74) is 5.71. The average molecular weight is 269 g/mol. The van der Waals surface area contributed by atoms with Crippen LogP contribution in [-0.4, -0.2) is 55.5 Å². The molecule has 0 aromatic heterocycles. The minimum atomic E-state index is 0.229. The summed E-state index contributed by atoms with van der Waals surface area (Å²) in [4.78, 5) is 16.8. The molecule has 1 saturated carbocycles. The van der Waals surface area contributed by atoms with E-state index in [0.29, 0.717) is 17.9 Å². The Kier molecular flexibility index (Phi) is 6.80. The van der Waals surface area contributed by atoms with E-state index in [1.807, 2.05) is 4.90 Å². The van der Waals surface area contributed by atoms with E-state index in [2.05, 4.69) is 32.8 Å². The number of nitrogens with two attached hydrogens (primary N) is 1. The minimum absolute atomic E-state index is 0.229. The maximum Gasteiger partial charge on any atom is 0.225 e. The van der Waals surface area contributed by atoms with Crippen molar-refractivity contribution in [2.24, 2.45) is 17.6 Å². The van der Waals surface area contributed by atoms with Gasteiger partial charge in [0.05, 0.1) is 0 Å². The fourth-order valence-corrected chi connectivity index (χ4v) is 3.19. The minimum Gasteiger partial charge on any atom is -0.339 e. The van der Waals surface area contributed by atoms with Gasteiger partial charge >= 0.3 is 0 Å². The summed E-state index contributed by atoms with van der Waals surface area (Å²) in [7, 11) is 4.11. The molecule has 1 aliphatic rings. The number of nitrogens with zero attached hydrogens (tertiary/aromatic N) is 2. The lowest BCUT2D eigenvalue weighted by molar-refractivity contribution is -0.139. The Morgan fingerprint density at radius 3 is 2.26 bits per heavy atom. The molecular formula is C15H31N3O. The number of hydrogen-bond donors (Lipinski definition) is 1. The van der Waals surface area contributed by atoms with E-state index in [9.17, 15) is 4.79 Å². The van der Waals surface area contributed by atoms with Crippen molar-refractivity contribution in [3.63, 3.8) is 0 Å². The van der Waals surface area contributed by atoms with Crippen molar-refractivity contribution in [2.75, 3.05) is 33.7 Å². The summed E-state index contributed by atoms with van der Waals surface area (Å²) in [5, 5.41) is 0. The van der Waals surface area contributed by atoms with Gasteiger partial charge in [-0.15, -0.1) is 0 Å². The second kappa shape index (κ2) is 7.85. The van der Waals surface area contributed by atoms with Gasteiger partial charge in [-0.1, -0.05) is 0 Å². The molecule has 4 nitrogen and oxygen atoms in total. The number of amides is 1. The van der Waals surface area contributed by atoms with Crippen LogP contribution in [0.2, 0.25) is 0 Å². The molecule has 1 atom stereocenters. The Morgan fingerprint density at radius 1 is 1.26 bits per heavy atom. The lowest BCUT2D eigenvalue weighted by atomic mass is 9.81. The highest BCUT2D eigenvalue weighted by atomic mass is 16.2. The molecule has 1 amide bonds. The third-order valence-electron chi connectivity index (χ3n) is 4.31. The highest BCUT2D eigenvalue weighted by Gasteiger charge is 2.30. The van der Waals surface area contributed by atoms with Gasteiger partial charge in [-0.2, -0.15) is 0 Å². The summed E-state index contributed by atoms with van der Waals surface area (Å²) < 4.78 is 0. The Labute approximate surface area is 118 Å². The van der Waals surface area contributed by atoms with E-state index in [-0.39, 0.29) is 5.92 Å². The molecular weight excluding hydrogens is 238 g/mol. The zero-order valence-corrected chi connectivity index (χ0v) is 13.1. The van der Waals surface area contributed by atoms with Crippen LogP contribution in [0.15, 0.2) is 0 Å². The average Bonchev–Trinajstić information content (AvgIpc) is 2.38. The van der Waals surface area contributed by atoms with Gasteiger partial charge in [-0.05, 0) is 66.1 Å². The monoisotopic (exact) mass is 269 g/mol. The second-order valence-corrected chi connectivity index (χ2v) is 6.19. The molecule has 0 spiro atoms. The highest BCUT2D eigenvalue weighted by Crippen LogP contribution is 2.29. The molecule has 0 saturated heterocycles. The van der Waals surface area contributed by atoms with E-state index in [4.69, 9.17) is 5.73 Å². The van der Waals surface area contributed by atoms with Crippen molar-refractivity contribution >= 4 is 5.91 Å². The van der Waals surface area contributed by atoms with Crippen LogP contribution >= 0.6 is 0 Å². The Bertz CT molecular complexity index is 273. The molecule has 2 N–H and O–H groups in total. The third-order valence-corrected chi connectivity index (χ3v) is 4.31. The van der Waals surface area contributed by atoms with Crippen molar-refractivity contribution in [3.8, 4) is 0 Å². The van der Waals surface area contributed by atoms with Gasteiger partial charge in [-0.3, -0.25) is 4.79 Å². The van der Waals surface area contributed by atoms with Crippen molar-refractivity contribution in [1.29, 1.82) is 0 Å². The Balaban J connectivity index is 2.54. The van der Waals surface area contributed by atoms with Gasteiger partial charge < -0.3 is 15.5 Å². The first kappa shape index (κ1) is 16.4. The van der Waals surface area contributed by atoms with Crippen LogP contribution in [0.5, 0.6) is 0 Å². The number of likely N-dealkylation sites (N-methyl/N-ethyl adjacent to an activating group) is 2. The molecule has 1 rings (SSSR count). The first-order valence-electron chi connectivity index (χ1n) is 7.64. The lowest BCUT2D eigenvalue weighted by Crippen LogP contribution is -2.47. The van der Waals surface area contributed by atoms with Gasteiger partial charge in [0.15, 0.2) is 0 Å². The van der Waals surface area contributed by atoms with Crippen LogP contribution in [0.1, 0.15) is 39.5 Å². The number of rotatable bonds is 6. The summed E-state index contributed by atoms with van der Waals surface area (Å²) in [6.07, 6.45) is 4.27. The zero-order valence-electron chi connectivity index (χ0n) is 13.1. The molecule has 0 aromatic carbocycles. The molecule has 1 aliphatic carbocycles. The largest absolute Gasteiger partial charge is 0.339 e. The van der Waals surface area contributed by atoms with E-state index < -0.39 is 0 Å². The summed E-state index contributed by atoms with van der Waals surface area (Å²) in [6, 6.07) is 0.291. The normalized spacial score (nSPS) is 25.4. The molecule has 1 unspecified atom stereocenters. The van der Waals surface area contributed by atoms with Crippen LogP contribution in [-0.2, 0) is 4.79 Å². The van der Waals surface area contributed by atoms with Gasteiger partial charge in [0.25, 0.3) is 0 Å². The summed E-state index contributed by atoms with van der Waals surface area (Å²) in [5.74, 6) is 1.22. The predicted octanol–water partition coefficient (Wildman–Crippen LogP) is 1.55.